The van der Waals surface area contributed by atoms with E-state index in [1.165, 1.54) is 35.9 Å². The van der Waals surface area contributed by atoms with Gasteiger partial charge >= 0.3 is 12.6 Å². The van der Waals surface area contributed by atoms with Crippen LogP contribution in [0.5, 0.6) is 11.8 Å². The van der Waals surface area contributed by atoms with E-state index in [1.54, 1.807) is 12.3 Å². The van der Waals surface area contributed by atoms with Crippen LogP contribution in [0.4, 0.5) is 8.78 Å². The SMILES string of the molecule is COc1ncc2cc(-c3ccc4nc5n(c4c3)CCN(C)C5)c(=O)n(-c3ccc(OC(F)F)cc3)c2n1. The topological polar surface area (TPSA) is 87.3 Å². The number of hydrogen-bond acceptors (Lipinski definition) is 7. The van der Waals surface area contributed by atoms with Crippen molar-refractivity contribution >= 4 is 22.1 Å². The van der Waals surface area contributed by atoms with Gasteiger partial charge in [0, 0.05) is 30.2 Å². The fourth-order valence-corrected chi connectivity index (χ4v) is 4.70. The summed E-state index contributed by atoms with van der Waals surface area (Å²) in [6.45, 7) is -0.457. The van der Waals surface area contributed by atoms with Crippen LogP contribution in [-0.2, 0) is 13.1 Å². The second-order valence-electron chi connectivity index (χ2n) is 8.83. The first-order chi connectivity index (χ1) is 17.9. The van der Waals surface area contributed by atoms with Crippen LogP contribution < -0.4 is 15.0 Å². The van der Waals surface area contributed by atoms with Crippen molar-refractivity contribution in [1.82, 2.24) is 29.0 Å². The molecule has 0 saturated carbocycles. The molecule has 1 aliphatic rings. The second kappa shape index (κ2) is 8.93. The van der Waals surface area contributed by atoms with Crippen molar-refractivity contribution < 1.29 is 18.3 Å². The first-order valence-corrected chi connectivity index (χ1v) is 11.6. The van der Waals surface area contributed by atoms with E-state index in [0.717, 1.165) is 42.1 Å². The van der Waals surface area contributed by atoms with Crippen molar-refractivity contribution in [3.8, 4) is 28.6 Å². The highest BCUT2D eigenvalue weighted by molar-refractivity contribution is 5.87. The Kier molecular flexibility index (Phi) is 5.56. The number of aromatic nitrogens is 5. The van der Waals surface area contributed by atoms with Gasteiger partial charge in [0.2, 0.25) is 0 Å². The second-order valence-corrected chi connectivity index (χ2v) is 8.83. The highest BCUT2D eigenvalue weighted by atomic mass is 19.3. The standard InChI is InChI=1S/C26H22F2N6O3/c1-32-9-10-33-21-12-15(3-8-20(21)30-22(33)14-32)19-11-16-13-29-26(36-2)31-23(16)34(24(19)35)17-4-6-18(7-5-17)37-25(27)28/h3-8,11-13,25H,9-10,14H2,1-2H3. The minimum absolute atomic E-state index is 0.0129. The number of methoxy groups -OCH3 is 1. The van der Waals surface area contributed by atoms with E-state index in [4.69, 9.17) is 9.72 Å². The van der Waals surface area contributed by atoms with Crippen molar-refractivity contribution in [2.45, 2.75) is 19.7 Å². The van der Waals surface area contributed by atoms with Crippen LogP contribution in [0, 0.1) is 0 Å². The van der Waals surface area contributed by atoms with Crippen LogP contribution in [0.1, 0.15) is 5.82 Å². The molecule has 0 saturated heterocycles. The molecule has 0 unspecified atom stereocenters. The van der Waals surface area contributed by atoms with E-state index in [2.05, 4.69) is 31.2 Å². The molecule has 2 aromatic carbocycles. The number of hydrogen-bond donors (Lipinski definition) is 0. The third-order valence-corrected chi connectivity index (χ3v) is 6.48. The van der Waals surface area contributed by atoms with Gasteiger partial charge in [-0.1, -0.05) is 6.07 Å². The number of benzene rings is 2. The molecular weight excluding hydrogens is 482 g/mol. The summed E-state index contributed by atoms with van der Waals surface area (Å²) in [6, 6.07) is 13.5. The van der Waals surface area contributed by atoms with Crippen molar-refractivity contribution in [2.75, 3.05) is 20.7 Å². The molecule has 5 aromatic rings. The molecule has 4 heterocycles. The number of fused-ring (bicyclic) bond motifs is 4. The van der Waals surface area contributed by atoms with Crippen LogP contribution in [0.25, 0.3) is 38.9 Å². The zero-order valence-corrected chi connectivity index (χ0v) is 20.1. The lowest BCUT2D eigenvalue weighted by atomic mass is 10.0. The summed E-state index contributed by atoms with van der Waals surface area (Å²) >= 11 is 0. The van der Waals surface area contributed by atoms with E-state index in [-0.39, 0.29) is 17.3 Å². The molecule has 3 aromatic heterocycles. The number of pyridine rings is 1. The zero-order valence-electron chi connectivity index (χ0n) is 20.1. The van der Waals surface area contributed by atoms with Gasteiger partial charge in [0.1, 0.15) is 11.6 Å². The highest BCUT2D eigenvalue weighted by Crippen LogP contribution is 2.28. The minimum Gasteiger partial charge on any atom is -0.467 e. The molecule has 0 spiro atoms. The Balaban J connectivity index is 1.55. The molecule has 0 amide bonds. The van der Waals surface area contributed by atoms with Gasteiger partial charge < -0.3 is 14.0 Å². The maximum Gasteiger partial charge on any atom is 0.387 e. The van der Waals surface area contributed by atoms with Crippen molar-refractivity contribution in [3.05, 3.63) is 70.9 Å². The summed E-state index contributed by atoms with van der Waals surface area (Å²) in [7, 11) is 3.50. The smallest absolute Gasteiger partial charge is 0.387 e. The molecule has 0 atom stereocenters. The van der Waals surface area contributed by atoms with Gasteiger partial charge in [-0.2, -0.15) is 13.8 Å². The molecule has 6 rings (SSSR count). The molecule has 0 aliphatic carbocycles. The number of halogens is 2. The van der Waals surface area contributed by atoms with Gasteiger partial charge in [0.25, 0.3) is 5.56 Å². The van der Waals surface area contributed by atoms with Crippen LogP contribution >= 0.6 is 0 Å². The Morgan fingerprint density at radius 1 is 1.03 bits per heavy atom. The van der Waals surface area contributed by atoms with Gasteiger partial charge in [-0.15, -0.1) is 0 Å². The number of alkyl halides is 2. The molecule has 1 aliphatic heterocycles. The number of ether oxygens (including phenoxy) is 2. The van der Waals surface area contributed by atoms with Crippen LogP contribution in [0.3, 0.4) is 0 Å². The summed E-state index contributed by atoms with van der Waals surface area (Å²) in [6.07, 6.45) is 1.59. The minimum atomic E-state index is -2.95. The quantitative estimate of drug-likeness (QED) is 0.359. The lowest BCUT2D eigenvalue weighted by Gasteiger charge is -2.23. The molecule has 188 valence electrons. The summed E-state index contributed by atoms with van der Waals surface area (Å²) in [5.74, 6) is 0.976. The van der Waals surface area contributed by atoms with Gasteiger partial charge in [-0.3, -0.25) is 14.3 Å². The predicted molar refractivity (Wildman–Crippen MR) is 133 cm³/mol. The Morgan fingerprint density at radius 3 is 2.59 bits per heavy atom. The summed E-state index contributed by atoms with van der Waals surface area (Å²) < 4.78 is 38.5. The highest BCUT2D eigenvalue weighted by Gasteiger charge is 2.20. The lowest BCUT2D eigenvalue weighted by molar-refractivity contribution is -0.0498. The Hall–Kier alpha value is -4.38. The van der Waals surface area contributed by atoms with E-state index < -0.39 is 6.61 Å². The lowest BCUT2D eigenvalue weighted by Crippen LogP contribution is -2.30. The van der Waals surface area contributed by atoms with Crippen LogP contribution in [-0.4, -0.2) is 56.3 Å². The average molecular weight is 504 g/mol. The average Bonchev–Trinajstić information content (AvgIpc) is 3.25. The third-order valence-electron chi connectivity index (χ3n) is 6.48. The molecule has 0 radical (unpaired) electrons. The fourth-order valence-electron chi connectivity index (χ4n) is 4.70. The number of likely N-dealkylation sites (N-methyl/N-ethyl adjacent to an activating group) is 1. The molecule has 11 heteroatoms. The number of imidazole rings is 1. The predicted octanol–water partition coefficient (Wildman–Crippen LogP) is 3.85. The van der Waals surface area contributed by atoms with Crippen LogP contribution in [0.2, 0.25) is 0 Å². The van der Waals surface area contributed by atoms with Gasteiger partial charge in [-0.05, 0) is 55.1 Å². The largest absolute Gasteiger partial charge is 0.467 e. The van der Waals surface area contributed by atoms with Crippen molar-refractivity contribution in [1.29, 1.82) is 0 Å². The van der Waals surface area contributed by atoms with Crippen molar-refractivity contribution in [2.24, 2.45) is 0 Å². The molecule has 37 heavy (non-hydrogen) atoms. The normalized spacial score (nSPS) is 13.9. The first kappa shape index (κ1) is 23.0. The van der Waals surface area contributed by atoms with E-state index in [0.29, 0.717) is 22.3 Å². The molecule has 9 nitrogen and oxygen atoms in total. The van der Waals surface area contributed by atoms with E-state index in [1.807, 2.05) is 18.2 Å². The van der Waals surface area contributed by atoms with E-state index >= 15 is 0 Å². The van der Waals surface area contributed by atoms with Gasteiger partial charge in [0.05, 0.1) is 30.4 Å². The van der Waals surface area contributed by atoms with Gasteiger partial charge in [-0.25, -0.2) is 9.97 Å². The molecular formula is C26H22F2N6O3. The Morgan fingerprint density at radius 2 is 1.84 bits per heavy atom. The third kappa shape index (κ3) is 4.06. The molecule has 0 N–H and O–H groups in total. The number of rotatable bonds is 5. The molecule has 0 bridgehead atoms. The summed E-state index contributed by atoms with van der Waals surface area (Å²) in [5, 5.41) is 0.611. The first-order valence-electron chi connectivity index (χ1n) is 11.6. The monoisotopic (exact) mass is 504 g/mol. The van der Waals surface area contributed by atoms with Crippen LogP contribution in [0.15, 0.2) is 59.5 Å². The maximum absolute atomic E-state index is 13.9. The Bertz CT molecular complexity index is 1700. The number of nitrogens with zero attached hydrogens (tertiary/aromatic N) is 6. The summed E-state index contributed by atoms with van der Waals surface area (Å²) in [5.41, 5.74) is 3.44. The Labute approximate surface area is 209 Å². The molecule has 0 fully saturated rings. The zero-order chi connectivity index (χ0) is 25.7. The van der Waals surface area contributed by atoms with E-state index in [9.17, 15) is 13.6 Å². The summed E-state index contributed by atoms with van der Waals surface area (Å²) in [4.78, 5) is 29.5. The maximum atomic E-state index is 13.9. The van der Waals surface area contributed by atoms with Crippen molar-refractivity contribution in [3.63, 3.8) is 0 Å². The van der Waals surface area contributed by atoms with Gasteiger partial charge in [0.15, 0.2) is 5.65 Å². The fraction of sp³-hybridized carbons (Fsp3) is 0.231.